The van der Waals surface area contributed by atoms with Crippen molar-refractivity contribution in [2.24, 2.45) is 0 Å². The molecule has 0 fully saturated rings. The number of unbranched alkanes of at least 4 members (excludes halogenated alkanes) is 5. The summed E-state index contributed by atoms with van der Waals surface area (Å²) in [5.74, 6) is 2.32. The van der Waals surface area contributed by atoms with Gasteiger partial charge in [0.25, 0.3) is 0 Å². The summed E-state index contributed by atoms with van der Waals surface area (Å²) in [4.78, 5) is 8.40. The van der Waals surface area contributed by atoms with Gasteiger partial charge in [-0.3, -0.25) is 0 Å². The molecule has 2 N–H and O–H groups in total. The molecule has 7 heteroatoms. The first-order chi connectivity index (χ1) is 8.77. The Bertz CT molecular complexity index is 196. The number of aliphatic hydroxyl groups is 1. The topological polar surface area (TPSA) is 66.8 Å². The molecule has 0 aliphatic rings. The van der Waals surface area contributed by atoms with Gasteiger partial charge in [0.15, 0.2) is 0 Å². The number of rotatable bonds is 14. The Morgan fingerprint density at radius 2 is 1.44 bits per heavy atom. The molecule has 0 saturated carbocycles. The molecule has 0 saturated heterocycles. The van der Waals surface area contributed by atoms with E-state index in [-0.39, 0.29) is 0 Å². The maximum Gasteiger partial charge on any atom is 0.694 e. The van der Waals surface area contributed by atoms with E-state index in [1.807, 2.05) is 21.6 Å². The van der Waals surface area contributed by atoms with E-state index < -0.39 is 8.25 Å². The molecule has 0 aromatic heterocycles. The number of hydrogen-bond donors (Lipinski definition) is 2. The first-order valence-corrected chi connectivity index (χ1v) is 10.0. The van der Waals surface area contributed by atoms with Crippen LogP contribution in [0.5, 0.6) is 0 Å². The molecule has 0 aliphatic carbocycles. The van der Waals surface area contributed by atoms with Gasteiger partial charge in [-0.15, -0.1) is 9.42 Å². The molecular formula is C11H24O4PS2+. The van der Waals surface area contributed by atoms with Crippen LogP contribution in [0.1, 0.15) is 44.9 Å². The Morgan fingerprint density at radius 3 is 2.00 bits per heavy atom. The fourth-order valence-corrected chi connectivity index (χ4v) is 3.91. The van der Waals surface area contributed by atoms with E-state index >= 15 is 0 Å². The Hall–Kier alpha value is 0.680. The Morgan fingerprint density at radius 1 is 0.889 bits per heavy atom. The van der Waals surface area contributed by atoms with Crippen LogP contribution >= 0.6 is 29.8 Å². The normalized spacial score (nSPS) is 11.8. The van der Waals surface area contributed by atoms with Gasteiger partial charge in [0.1, 0.15) is 6.61 Å². The van der Waals surface area contributed by atoms with Crippen molar-refractivity contribution in [1.82, 2.24) is 0 Å². The van der Waals surface area contributed by atoms with E-state index in [1.54, 1.807) is 0 Å². The molecule has 4 nitrogen and oxygen atoms in total. The van der Waals surface area contributed by atoms with E-state index in [0.29, 0.717) is 13.2 Å². The van der Waals surface area contributed by atoms with Crippen molar-refractivity contribution in [3.05, 3.63) is 0 Å². The molecule has 0 aromatic rings. The van der Waals surface area contributed by atoms with Crippen LogP contribution in [0.15, 0.2) is 0 Å². The van der Waals surface area contributed by atoms with Gasteiger partial charge in [-0.05, 0) is 25.7 Å². The second-order valence-corrected chi connectivity index (χ2v) is 7.35. The van der Waals surface area contributed by atoms with Gasteiger partial charge < -0.3 is 5.11 Å². The lowest BCUT2D eigenvalue weighted by Gasteiger charge is -2.01. The van der Waals surface area contributed by atoms with Crippen molar-refractivity contribution in [2.45, 2.75) is 44.9 Å². The third kappa shape index (κ3) is 16.7. The van der Waals surface area contributed by atoms with E-state index in [2.05, 4.69) is 4.52 Å². The summed E-state index contributed by atoms with van der Waals surface area (Å²) in [6.45, 7) is 0.699. The second-order valence-electron chi connectivity index (χ2n) is 3.91. The zero-order valence-electron chi connectivity index (χ0n) is 10.8. The molecule has 0 spiro atoms. The van der Waals surface area contributed by atoms with Crippen LogP contribution in [0.2, 0.25) is 0 Å². The summed E-state index contributed by atoms with van der Waals surface area (Å²) in [5, 5.41) is 8.61. The molecule has 1 unspecified atom stereocenters. The lowest BCUT2D eigenvalue weighted by molar-refractivity contribution is 0.274. The minimum absolute atomic E-state index is 0.316. The van der Waals surface area contributed by atoms with Gasteiger partial charge in [0.05, 0.1) is 0 Å². The van der Waals surface area contributed by atoms with E-state index in [0.717, 1.165) is 37.9 Å². The molecule has 0 aromatic carbocycles. The Labute approximate surface area is 119 Å². The van der Waals surface area contributed by atoms with Crippen LogP contribution in [-0.4, -0.2) is 34.7 Å². The van der Waals surface area contributed by atoms with Crippen LogP contribution in [0.3, 0.4) is 0 Å². The molecule has 0 amide bonds. The van der Waals surface area contributed by atoms with Crippen LogP contribution in [-0.2, 0) is 9.09 Å². The van der Waals surface area contributed by atoms with Crippen LogP contribution in [0, 0.1) is 0 Å². The van der Waals surface area contributed by atoms with E-state index in [4.69, 9.17) is 10.00 Å². The lowest BCUT2D eigenvalue weighted by atomic mass is 10.2. The van der Waals surface area contributed by atoms with Crippen molar-refractivity contribution in [1.29, 1.82) is 0 Å². The van der Waals surface area contributed by atoms with Crippen LogP contribution in [0.25, 0.3) is 0 Å². The van der Waals surface area contributed by atoms with Crippen molar-refractivity contribution >= 4 is 29.8 Å². The molecule has 0 bridgehead atoms. The first-order valence-electron chi connectivity index (χ1n) is 6.41. The SMILES string of the molecule is O=[P+](O)OCCCCCSSCCCCCCO. The maximum absolute atomic E-state index is 10.2. The van der Waals surface area contributed by atoms with Crippen molar-refractivity contribution in [3.8, 4) is 0 Å². The van der Waals surface area contributed by atoms with Crippen LogP contribution in [0.4, 0.5) is 0 Å². The molecule has 0 radical (unpaired) electrons. The van der Waals surface area contributed by atoms with Gasteiger partial charge in [-0.25, -0.2) is 0 Å². The highest BCUT2D eigenvalue weighted by atomic mass is 33.1. The van der Waals surface area contributed by atoms with Gasteiger partial charge in [0, 0.05) is 22.7 Å². The molecule has 0 aliphatic heterocycles. The molecule has 18 heavy (non-hydrogen) atoms. The Kier molecular flexibility index (Phi) is 16.3. The van der Waals surface area contributed by atoms with Crippen molar-refractivity contribution in [2.75, 3.05) is 24.7 Å². The minimum Gasteiger partial charge on any atom is -0.396 e. The maximum atomic E-state index is 10.2. The molecular weight excluding hydrogens is 291 g/mol. The van der Waals surface area contributed by atoms with Gasteiger partial charge in [-0.2, -0.15) is 0 Å². The average molecular weight is 315 g/mol. The number of hydrogen-bond acceptors (Lipinski definition) is 5. The smallest absolute Gasteiger partial charge is 0.396 e. The fraction of sp³-hybridized carbons (Fsp3) is 1.00. The number of aliphatic hydroxyl groups excluding tert-OH is 1. The zero-order valence-corrected chi connectivity index (χ0v) is 13.3. The van der Waals surface area contributed by atoms with Gasteiger partial charge in [0.2, 0.25) is 0 Å². The largest absolute Gasteiger partial charge is 0.694 e. The van der Waals surface area contributed by atoms with Gasteiger partial charge >= 0.3 is 8.25 Å². The molecule has 0 rings (SSSR count). The highest BCUT2D eigenvalue weighted by molar-refractivity contribution is 8.76. The van der Waals surface area contributed by atoms with Crippen molar-refractivity contribution in [3.63, 3.8) is 0 Å². The summed E-state index contributed by atoms with van der Waals surface area (Å²) in [5.41, 5.74) is 0. The summed E-state index contributed by atoms with van der Waals surface area (Å²) < 4.78 is 14.8. The molecule has 108 valence electrons. The predicted octanol–water partition coefficient (Wildman–Crippen LogP) is 3.76. The van der Waals surface area contributed by atoms with Crippen molar-refractivity contribution < 1.29 is 19.1 Å². The molecule has 1 atom stereocenters. The predicted molar refractivity (Wildman–Crippen MR) is 80.1 cm³/mol. The fourth-order valence-electron chi connectivity index (χ4n) is 1.33. The van der Waals surface area contributed by atoms with Gasteiger partial charge in [-0.1, -0.05) is 40.9 Å². The third-order valence-electron chi connectivity index (χ3n) is 2.29. The summed E-state index contributed by atoms with van der Waals surface area (Å²) in [6.07, 6.45) is 7.54. The zero-order chi connectivity index (χ0) is 13.5. The monoisotopic (exact) mass is 315 g/mol. The average Bonchev–Trinajstić information content (AvgIpc) is 2.34. The minimum atomic E-state index is -2.41. The third-order valence-corrected chi connectivity index (χ3v) is 5.27. The van der Waals surface area contributed by atoms with Crippen LogP contribution < -0.4 is 0 Å². The second kappa shape index (κ2) is 15.7. The van der Waals surface area contributed by atoms with E-state index in [1.165, 1.54) is 18.6 Å². The molecule has 0 heterocycles. The first kappa shape index (κ1) is 18.7. The summed E-state index contributed by atoms with van der Waals surface area (Å²) >= 11 is 0. The Balaban J connectivity index is 2.92. The quantitative estimate of drug-likeness (QED) is 0.289. The van der Waals surface area contributed by atoms with E-state index in [9.17, 15) is 4.57 Å². The standard InChI is InChI=1S/C11H23O4PS2/c12-8-4-1-2-6-10-17-18-11-7-3-5-9-15-16(13)14/h12H,1-11H2/p+1. The lowest BCUT2D eigenvalue weighted by Crippen LogP contribution is -1.88. The summed E-state index contributed by atoms with van der Waals surface area (Å²) in [7, 11) is 1.40. The highest BCUT2D eigenvalue weighted by Gasteiger charge is 2.09. The highest BCUT2D eigenvalue weighted by Crippen LogP contribution is 2.24. The summed E-state index contributed by atoms with van der Waals surface area (Å²) in [6, 6.07) is 0.